The van der Waals surface area contributed by atoms with Crippen LogP contribution in [0.25, 0.3) is 0 Å². The zero-order valence-electron chi connectivity index (χ0n) is 7.84. The van der Waals surface area contributed by atoms with Crippen molar-refractivity contribution in [2.24, 2.45) is 4.99 Å². The van der Waals surface area contributed by atoms with Gasteiger partial charge < -0.3 is 0 Å². The van der Waals surface area contributed by atoms with Crippen LogP contribution in [-0.4, -0.2) is 16.8 Å². The largest absolute Gasteiger partial charge is 0.255 e. The van der Waals surface area contributed by atoms with Crippen LogP contribution in [0.4, 0.5) is 5.69 Å². The van der Waals surface area contributed by atoms with Gasteiger partial charge >= 0.3 is 0 Å². The maximum Gasteiger partial charge on any atom is 0.0863 e. The minimum Gasteiger partial charge on any atom is -0.255 e. The monoisotopic (exact) mass is 214 g/mol. The molecule has 0 spiro atoms. The van der Waals surface area contributed by atoms with E-state index in [0.717, 1.165) is 17.1 Å². The Kier molecular flexibility index (Phi) is 3.75. The first-order valence-electron chi connectivity index (χ1n) is 3.84. The molecule has 0 radical (unpaired) electrons. The lowest BCUT2D eigenvalue weighted by atomic mass is 10.3. The number of aryl methyl sites for hydroxylation is 2. The predicted molar refractivity (Wildman–Crippen MR) is 60.4 cm³/mol. The van der Waals surface area contributed by atoms with Gasteiger partial charge in [-0.05, 0) is 26.2 Å². The Balaban J connectivity index is 3.08. The van der Waals surface area contributed by atoms with Gasteiger partial charge in [0.15, 0.2) is 0 Å². The number of pyridine rings is 1. The number of rotatable bonds is 2. The Bertz CT molecular complexity index is 337. The summed E-state index contributed by atoms with van der Waals surface area (Å²) in [5.74, 6) is 0. The molecule has 1 rings (SSSR count). The summed E-state index contributed by atoms with van der Waals surface area (Å²) in [5.41, 5.74) is 4.37. The molecule has 0 N–H and O–H groups in total. The number of thioether (sulfide) groups is 1. The van der Waals surface area contributed by atoms with E-state index >= 15 is 0 Å². The van der Waals surface area contributed by atoms with Crippen LogP contribution in [0, 0.1) is 13.8 Å². The van der Waals surface area contributed by atoms with Gasteiger partial charge in [0.2, 0.25) is 0 Å². The molecule has 4 heteroatoms. The third-order valence-electron chi connectivity index (χ3n) is 1.61. The summed E-state index contributed by atoms with van der Waals surface area (Å²) >= 11 is 7.47. The van der Waals surface area contributed by atoms with Gasteiger partial charge in [0.05, 0.1) is 27.6 Å². The van der Waals surface area contributed by atoms with E-state index in [2.05, 4.69) is 9.98 Å². The van der Waals surface area contributed by atoms with Crippen molar-refractivity contribution in [2.75, 3.05) is 6.26 Å². The maximum absolute atomic E-state index is 5.92. The Hall–Kier alpha value is -0.540. The summed E-state index contributed by atoms with van der Waals surface area (Å²) in [6.45, 7) is 3.81. The molecule has 0 saturated heterocycles. The van der Waals surface area contributed by atoms with Gasteiger partial charge in [-0.1, -0.05) is 11.6 Å². The lowest BCUT2D eigenvalue weighted by Gasteiger charge is -2.02. The average molecular weight is 215 g/mol. The Labute approximate surface area is 87.4 Å². The summed E-state index contributed by atoms with van der Waals surface area (Å²) in [5, 5.41) is 0.666. The molecular weight excluding hydrogens is 204 g/mol. The smallest absolute Gasteiger partial charge is 0.0863 e. The highest BCUT2D eigenvalue weighted by atomic mass is 35.5. The molecule has 0 atom stereocenters. The van der Waals surface area contributed by atoms with E-state index in [1.54, 1.807) is 17.3 Å². The summed E-state index contributed by atoms with van der Waals surface area (Å²) < 4.78 is 0. The SMILES string of the molecule is CSC=Nc1cc(Cl)c(C)nc1C. The van der Waals surface area contributed by atoms with E-state index in [9.17, 15) is 0 Å². The van der Waals surface area contributed by atoms with Crippen molar-refractivity contribution in [1.29, 1.82) is 0 Å². The van der Waals surface area contributed by atoms with Crippen LogP contribution in [-0.2, 0) is 0 Å². The minimum atomic E-state index is 0.666. The molecule has 70 valence electrons. The highest BCUT2D eigenvalue weighted by Crippen LogP contribution is 2.23. The fraction of sp³-hybridized carbons (Fsp3) is 0.333. The van der Waals surface area contributed by atoms with Crippen LogP contribution < -0.4 is 0 Å². The molecule has 0 saturated carbocycles. The molecule has 1 aromatic rings. The molecule has 0 aromatic carbocycles. The number of aliphatic imine (C=N–C) groups is 1. The Morgan fingerprint density at radius 2 is 2.15 bits per heavy atom. The van der Waals surface area contributed by atoms with Gasteiger partial charge in [0.1, 0.15) is 0 Å². The molecular formula is C9H11ClN2S. The maximum atomic E-state index is 5.92. The van der Waals surface area contributed by atoms with E-state index < -0.39 is 0 Å². The van der Waals surface area contributed by atoms with Gasteiger partial charge in [-0.3, -0.25) is 4.98 Å². The average Bonchev–Trinajstić information content (AvgIpc) is 2.09. The summed E-state index contributed by atoms with van der Waals surface area (Å²) in [6, 6.07) is 1.84. The molecule has 0 unspecified atom stereocenters. The first-order chi connectivity index (χ1) is 6.15. The predicted octanol–water partition coefficient (Wildman–Crippen LogP) is 3.37. The topological polar surface area (TPSA) is 25.2 Å². The first kappa shape index (κ1) is 10.5. The van der Waals surface area contributed by atoms with Gasteiger partial charge in [-0.2, -0.15) is 0 Å². The van der Waals surface area contributed by atoms with Crippen LogP contribution in [0.15, 0.2) is 11.1 Å². The van der Waals surface area contributed by atoms with Gasteiger partial charge in [0.25, 0.3) is 0 Å². The Morgan fingerprint density at radius 3 is 2.77 bits per heavy atom. The third kappa shape index (κ3) is 2.71. The van der Waals surface area contributed by atoms with Crippen molar-refractivity contribution in [1.82, 2.24) is 4.98 Å². The first-order valence-corrected chi connectivity index (χ1v) is 5.51. The molecule has 0 bridgehead atoms. The zero-order chi connectivity index (χ0) is 9.84. The number of hydrogen-bond donors (Lipinski definition) is 0. The second-order valence-electron chi connectivity index (χ2n) is 2.63. The van der Waals surface area contributed by atoms with E-state index in [1.165, 1.54) is 0 Å². The van der Waals surface area contributed by atoms with Gasteiger partial charge in [0, 0.05) is 0 Å². The van der Waals surface area contributed by atoms with Crippen molar-refractivity contribution in [3.8, 4) is 0 Å². The molecule has 1 aromatic heterocycles. The van der Waals surface area contributed by atoms with Gasteiger partial charge in [-0.25, -0.2) is 4.99 Å². The molecule has 0 fully saturated rings. The summed E-state index contributed by atoms with van der Waals surface area (Å²) in [4.78, 5) is 8.49. The number of halogens is 1. The van der Waals surface area contributed by atoms with Crippen molar-refractivity contribution < 1.29 is 0 Å². The quantitative estimate of drug-likeness (QED) is 0.557. The standard InChI is InChI=1S/C9H11ClN2S/c1-6-8(10)4-9(7(2)12-6)11-5-13-3/h4-5H,1-3H3. The Morgan fingerprint density at radius 1 is 1.46 bits per heavy atom. The number of aromatic nitrogens is 1. The molecule has 0 aliphatic heterocycles. The van der Waals surface area contributed by atoms with Gasteiger partial charge in [-0.15, -0.1) is 11.8 Å². The van der Waals surface area contributed by atoms with Crippen molar-refractivity contribution in [2.45, 2.75) is 13.8 Å². The fourth-order valence-electron chi connectivity index (χ4n) is 0.931. The van der Waals surface area contributed by atoms with Crippen LogP contribution in [0.1, 0.15) is 11.4 Å². The second-order valence-corrected chi connectivity index (χ2v) is 3.72. The molecule has 0 aliphatic rings. The number of hydrogen-bond acceptors (Lipinski definition) is 3. The fourth-order valence-corrected chi connectivity index (χ4v) is 1.30. The molecule has 2 nitrogen and oxygen atoms in total. The van der Waals surface area contributed by atoms with E-state index in [1.807, 2.05) is 26.2 Å². The van der Waals surface area contributed by atoms with Crippen LogP contribution in [0.3, 0.4) is 0 Å². The molecule has 13 heavy (non-hydrogen) atoms. The van der Waals surface area contributed by atoms with E-state index in [4.69, 9.17) is 11.6 Å². The third-order valence-corrected chi connectivity index (χ3v) is 2.31. The van der Waals surface area contributed by atoms with Crippen LogP contribution >= 0.6 is 23.4 Å². The van der Waals surface area contributed by atoms with Crippen LogP contribution in [0.5, 0.6) is 0 Å². The minimum absolute atomic E-state index is 0.666. The summed E-state index contributed by atoms with van der Waals surface area (Å²) in [6.07, 6.45) is 1.96. The van der Waals surface area contributed by atoms with E-state index in [0.29, 0.717) is 5.02 Å². The summed E-state index contributed by atoms with van der Waals surface area (Å²) in [7, 11) is 0. The molecule has 1 heterocycles. The number of nitrogens with zero attached hydrogens (tertiary/aromatic N) is 2. The zero-order valence-corrected chi connectivity index (χ0v) is 9.41. The molecule has 0 aliphatic carbocycles. The highest BCUT2D eigenvalue weighted by Gasteiger charge is 2.02. The lowest BCUT2D eigenvalue weighted by Crippen LogP contribution is -1.87. The highest BCUT2D eigenvalue weighted by molar-refractivity contribution is 8.11. The normalized spacial score (nSPS) is 11.1. The van der Waals surface area contributed by atoms with Crippen molar-refractivity contribution in [3.05, 3.63) is 22.5 Å². The van der Waals surface area contributed by atoms with Crippen molar-refractivity contribution >= 4 is 34.6 Å². The van der Waals surface area contributed by atoms with Crippen molar-refractivity contribution in [3.63, 3.8) is 0 Å². The van der Waals surface area contributed by atoms with Crippen LogP contribution in [0.2, 0.25) is 5.02 Å². The second kappa shape index (κ2) is 4.63. The molecule has 0 amide bonds. The van der Waals surface area contributed by atoms with E-state index in [-0.39, 0.29) is 0 Å². The lowest BCUT2D eigenvalue weighted by molar-refractivity contribution is 1.12.